The molecule has 7 nitrogen and oxygen atoms in total. The van der Waals surface area contributed by atoms with Gasteiger partial charge in [-0.15, -0.1) is 0 Å². The summed E-state index contributed by atoms with van der Waals surface area (Å²) in [7, 11) is -4.11. The van der Waals surface area contributed by atoms with E-state index in [2.05, 4.69) is 5.32 Å². The number of aryl methyl sites for hydroxylation is 1. The summed E-state index contributed by atoms with van der Waals surface area (Å²) in [6, 6.07) is 19.7. The van der Waals surface area contributed by atoms with Crippen LogP contribution in [0, 0.1) is 12.7 Å². The molecule has 0 aromatic heterocycles. The predicted molar refractivity (Wildman–Crippen MR) is 149 cm³/mol. The zero-order valence-corrected chi connectivity index (χ0v) is 23.0. The topological polar surface area (TPSA) is 86.8 Å². The summed E-state index contributed by atoms with van der Waals surface area (Å²) < 4.78 is 42.2. The van der Waals surface area contributed by atoms with Crippen molar-refractivity contribution in [3.63, 3.8) is 0 Å². The molecule has 0 radical (unpaired) electrons. The van der Waals surface area contributed by atoms with E-state index in [9.17, 15) is 22.4 Å². The van der Waals surface area contributed by atoms with Crippen molar-refractivity contribution in [2.24, 2.45) is 0 Å². The minimum atomic E-state index is -4.11. The smallest absolute Gasteiger partial charge is 0.264 e. The number of hydrogen-bond acceptors (Lipinski definition) is 4. The van der Waals surface area contributed by atoms with Gasteiger partial charge in [0, 0.05) is 12.6 Å². The van der Waals surface area contributed by atoms with Gasteiger partial charge in [-0.05, 0) is 68.7 Å². The Hall–Kier alpha value is -3.72. The van der Waals surface area contributed by atoms with Crippen LogP contribution in [0.4, 0.5) is 10.1 Å². The molecule has 0 heterocycles. The van der Waals surface area contributed by atoms with Crippen LogP contribution in [0.2, 0.25) is 0 Å². The van der Waals surface area contributed by atoms with E-state index in [-0.39, 0.29) is 23.4 Å². The summed E-state index contributed by atoms with van der Waals surface area (Å²) in [4.78, 5) is 28.5. The van der Waals surface area contributed by atoms with Crippen molar-refractivity contribution < 1.29 is 22.4 Å². The van der Waals surface area contributed by atoms with Gasteiger partial charge in [0.05, 0.1) is 10.6 Å². The summed E-state index contributed by atoms with van der Waals surface area (Å²) in [5, 5.41) is 3.03. The van der Waals surface area contributed by atoms with Crippen molar-refractivity contribution in [3.05, 3.63) is 95.8 Å². The number of anilines is 1. The average molecular weight is 552 g/mol. The maximum Gasteiger partial charge on any atom is 0.264 e. The standard InChI is InChI=1S/C30H34FN3O4S/c1-22-12-18-28(19-13-22)39(37,38)34(27-10-4-3-5-11-27)21-29(35)33(20-24-14-16-25(31)17-15-24)23(2)30(36)32-26-8-6-7-9-26/h3-5,10-19,23,26H,6-9,20-21H2,1-2H3,(H,32,36). The quantitative estimate of drug-likeness (QED) is 0.392. The second-order valence-corrected chi connectivity index (χ2v) is 11.8. The maximum atomic E-state index is 13.9. The molecule has 206 valence electrons. The molecule has 1 unspecified atom stereocenters. The molecule has 9 heteroatoms. The Bertz CT molecular complexity index is 1370. The van der Waals surface area contributed by atoms with Gasteiger partial charge >= 0.3 is 0 Å². The highest BCUT2D eigenvalue weighted by Gasteiger charge is 2.33. The highest BCUT2D eigenvalue weighted by molar-refractivity contribution is 7.92. The third-order valence-corrected chi connectivity index (χ3v) is 8.86. The molecule has 39 heavy (non-hydrogen) atoms. The van der Waals surface area contributed by atoms with Gasteiger partial charge in [0.2, 0.25) is 11.8 Å². The van der Waals surface area contributed by atoms with Crippen LogP contribution in [0.1, 0.15) is 43.7 Å². The number of para-hydroxylation sites is 1. The Morgan fingerprint density at radius 1 is 0.949 bits per heavy atom. The number of sulfonamides is 1. The summed E-state index contributed by atoms with van der Waals surface area (Å²) in [5.74, 6) is -1.26. The van der Waals surface area contributed by atoms with Gasteiger partial charge in [-0.1, -0.05) is 60.9 Å². The van der Waals surface area contributed by atoms with E-state index in [1.165, 1.54) is 29.2 Å². The molecule has 3 aromatic rings. The normalized spacial score (nSPS) is 14.5. The molecule has 0 spiro atoms. The van der Waals surface area contributed by atoms with Crippen molar-refractivity contribution >= 4 is 27.5 Å². The molecule has 2 amide bonds. The van der Waals surface area contributed by atoms with E-state index in [4.69, 9.17) is 0 Å². The second kappa shape index (κ2) is 12.4. The lowest BCUT2D eigenvalue weighted by molar-refractivity contribution is -0.139. The van der Waals surface area contributed by atoms with Gasteiger partial charge < -0.3 is 10.2 Å². The van der Waals surface area contributed by atoms with Crippen LogP contribution in [0.25, 0.3) is 0 Å². The predicted octanol–water partition coefficient (Wildman–Crippen LogP) is 4.81. The lowest BCUT2D eigenvalue weighted by Crippen LogP contribution is -2.52. The number of hydrogen-bond donors (Lipinski definition) is 1. The van der Waals surface area contributed by atoms with Crippen molar-refractivity contribution in [2.75, 3.05) is 10.8 Å². The van der Waals surface area contributed by atoms with E-state index in [0.717, 1.165) is 35.6 Å². The van der Waals surface area contributed by atoms with Crippen LogP contribution >= 0.6 is 0 Å². The molecule has 1 saturated carbocycles. The van der Waals surface area contributed by atoms with Crippen LogP contribution in [-0.2, 0) is 26.2 Å². The van der Waals surface area contributed by atoms with Crippen molar-refractivity contribution in [2.45, 2.75) is 63.1 Å². The third kappa shape index (κ3) is 7.03. The Labute approximate surface area is 229 Å². The van der Waals surface area contributed by atoms with Gasteiger partial charge in [-0.2, -0.15) is 0 Å². The van der Waals surface area contributed by atoms with Crippen LogP contribution in [-0.4, -0.2) is 43.8 Å². The third-order valence-electron chi connectivity index (χ3n) is 7.07. The molecule has 1 N–H and O–H groups in total. The first-order chi connectivity index (χ1) is 18.6. The monoisotopic (exact) mass is 551 g/mol. The zero-order valence-electron chi connectivity index (χ0n) is 22.2. The lowest BCUT2D eigenvalue weighted by atomic mass is 10.1. The number of rotatable bonds is 10. The number of carbonyl (C=O) groups is 2. The molecule has 4 rings (SSSR count). The first-order valence-electron chi connectivity index (χ1n) is 13.1. The Morgan fingerprint density at radius 2 is 1.56 bits per heavy atom. The van der Waals surface area contributed by atoms with Crippen molar-refractivity contribution in [3.8, 4) is 0 Å². The number of halogens is 1. The van der Waals surface area contributed by atoms with Crippen LogP contribution in [0.5, 0.6) is 0 Å². The van der Waals surface area contributed by atoms with E-state index >= 15 is 0 Å². The van der Waals surface area contributed by atoms with E-state index in [1.807, 2.05) is 6.92 Å². The largest absolute Gasteiger partial charge is 0.352 e. The van der Waals surface area contributed by atoms with Crippen molar-refractivity contribution in [1.29, 1.82) is 0 Å². The lowest BCUT2D eigenvalue weighted by Gasteiger charge is -2.32. The molecule has 1 aliphatic carbocycles. The summed E-state index contributed by atoms with van der Waals surface area (Å²) >= 11 is 0. The van der Waals surface area contributed by atoms with Crippen LogP contribution in [0.3, 0.4) is 0 Å². The Balaban J connectivity index is 1.66. The molecule has 0 bridgehead atoms. The van der Waals surface area contributed by atoms with Gasteiger partial charge in [0.25, 0.3) is 10.0 Å². The first-order valence-corrected chi connectivity index (χ1v) is 14.6. The average Bonchev–Trinajstić information content (AvgIpc) is 3.44. The van der Waals surface area contributed by atoms with Crippen molar-refractivity contribution in [1.82, 2.24) is 10.2 Å². The number of nitrogens with one attached hydrogen (secondary N) is 1. The second-order valence-electron chi connectivity index (χ2n) is 9.97. The maximum absolute atomic E-state index is 13.9. The highest BCUT2D eigenvalue weighted by atomic mass is 32.2. The van der Waals surface area contributed by atoms with Gasteiger partial charge in [0.1, 0.15) is 18.4 Å². The molecule has 1 aliphatic rings. The fourth-order valence-electron chi connectivity index (χ4n) is 4.72. The Kier molecular flexibility index (Phi) is 9.01. The fourth-order valence-corrected chi connectivity index (χ4v) is 6.14. The molecule has 1 atom stereocenters. The highest BCUT2D eigenvalue weighted by Crippen LogP contribution is 2.25. The SMILES string of the molecule is Cc1ccc(S(=O)(=O)N(CC(=O)N(Cc2ccc(F)cc2)C(C)C(=O)NC2CCCC2)c2ccccc2)cc1. The van der Waals surface area contributed by atoms with Crippen LogP contribution < -0.4 is 9.62 Å². The minimum absolute atomic E-state index is 0.0194. The van der Waals surface area contributed by atoms with Gasteiger partial charge in [0.15, 0.2) is 0 Å². The summed E-state index contributed by atoms with van der Waals surface area (Å²) in [5.41, 5.74) is 1.86. The van der Waals surface area contributed by atoms with E-state index in [0.29, 0.717) is 11.3 Å². The number of benzene rings is 3. The van der Waals surface area contributed by atoms with E-state index < -0.39 is 34.3 Å². The zero-order chi connectivity index (χ0) is 28.0. The molecule has 0 aliphatic heterocycles. The van der Waals surface area contributed by atoms with Crippen LogP contribution in [0.15, 0.2) is 83.8 Å². The molecule has 1 fully saturated rings. The van der Waals surface area contributed by atoms with Gasteiger partial charge in [-0.3, -0.25) is 13.9 Å². The first kappa shape index (κ1) is 28.3. The molecule has 0 saturated heterocycles. The fraction of sp³-hybridized carbons (Fsp3) is 0.333. The van der Waals surface area contributed by atoms with Gasteiger partial charge in [-0.25, -0.2) is 12.8 Å². The summed E-state index contributed by atoms with van der Waals surface area (Å²) in [6.07, 6.45) is 3.86. The molecule has 3 aromatic carbocycles. The summed E-state index contributed by atoms with van der Waals surface area (Å²) in [6.45, 7) is 3.00. The molecular weight excluding hydrogens is 517 g/mol. The number of nitrogens with zero attached hydrogens (tertiary/aromatic N) is 2. The Morgan fingerprint density at radius 3 is 2.18 bits per heavy atom. The minimum Gasteiger partial charge on any atom is -0.352 e. The molecular formula is C30H34FN3O4S. The number of carbonyl (C=O) groups excluding carboxylic acids is 2. The number of amides is 2. The van der Waals surface area contributed by atoms with E-state index in [1.54, 1.807) is 61.5 Å².